The Kier molecular flexibility index (Phi) is 6.44. The van der Waals surface area contributed by atoms with Crippen molar-refractivity contribution in [1.29, 1.82) is 0 Å². The van der Waals surface area contributed by atoms with Crippen LogP contribution in [0.5, 0.6) is 0 Å². The number of ether oxygens (including phenoxy) is 2. The first-order valence-electron chi connectivity index (χ1n) is 7.26. The van der Waals surface area contributed by atoms with Crippen molar-refractivity contribution in [3.8, 4) is 0 Å². The molecule has 0 bridgehead atoms. The second-order valence-corrected chi connectivity index (χ2v) is 8.53. The van der Waals surface area contributed by atoms with Crippen molar-refractivity contribution in [1.82, 2.24) is 0 Å². The zero-order valence-electron chi connectivity index (χ0n) is 13.1. The third-order valence-electron chi connectivity index (χ3n) is 4.10. The van der Waals surface area contributed by atoms with Crippen LogP contribution in [0.25, 0.3) is 0 Å². The van der Waals surface area contributed by atoms with Gasteiger partial charge < -0.3 is 9.47 Å². The van der Waals surface area contributed by atoms with Crippen LogP contribution >= 0.6 is 0 Å². The van der Waals surface area contributed by atoms with E-state index in [1.807, 2.05) is 20.8 Å². The Morgan fingerprint density at radius 1 is 1.25 bits per heavy atom. The van der Waals surface area contributed by atoms with Crippen molar-refractivity contribution in [2.45, 2.75) is 58.7 Å². The molecule has 0 aromatic rings. The largest absolute Gasteiger partial charge is 0.381 e. The van der Waals surface area contributed by atoms with Gasteiger partial charge in [-0.05, 0) is 31.1 Å². The lowest BCUT2D eigenvalue weighted by Gasteiger charge is -2.33. The van der Waals surface area contributed by atoms with Gasteiger partial charge in [0.1, 0.15) is 0 Å². The molecule has 20 heavy (non-hydrogen) atoms. The minimum atomic E-state index is -3.48. The van der Waals surface area contributed by atoms with Gasteiger partial charge in [-0.2, -0.15) is 0 Å². The molecule has 0 aromatic carbocycles. The lowest BCUT2D eigenvalue weighted by Crippen LogP contribution is -2.37. The van der Waals surface area contributed by atoms with Crippen molar-refractivity contribution < 1.29 is 17.9 Å². The van der Waals surface area contributed by atoms with Gasteiger partial charge in [-0.15, -0.1) is 0 Å². The van der Waals surface area contributed by atoms with Crippen LogP contribution in [0.4, 0.5) is 0 Å². The van der Waals surface area contributed by atoms with Gasteiger partial charge in [-0.3, -0.25) is 0 Å². The van der Waals surface area contributed by atoms with E-state index in [0.29, 0.717) is 6.61 Å². The topological polar surface area (TPSA) is 78.6 Å². The van der Waals surface area contributed by atoms with Crippen LogP contribution in [0, 0.1) is 11.3 Å². The predicted octanol–water partition coefficient (Wildman–Crippen LogP) is 1.91. The molecule has 0 aliphatic heterocycles. The molecule has 0 heterocycles. The van der Waals surface area contributed by atoms with Crippen LogP contribution < -0.4 is 5.14 Å². The maximum absolute atomic E-state index is 11.3. The van der Waals surface area contributed by atoms with E-state index in [9.17, 15) is 8.42 Å². The summed E-state index contributed by atoms with van der Waals surface area (Å²) in [6, 6.07) is 0. The van der Waals surface area contributed by atoms with Crippen LogP contribution in [0.15, 0.2) is 0 Å². The monoisotopic (exact) mass is 307 g/mol. The van der Waals surface area contributed by atoms with Crippen LogP contribution in [-0.4, -0.2) is 40.1 Å². The van der Waals surface area contributed by atoms with E-state index in [1.165, 1.54) is 0 Å². The number of rotatable bonds is 6. The van der Waals surface area contributed by atoms with E-state index in [1.54, 1.807) is 7.11 Å². The Morgan fingerprint density at radius 3 is 2.35 bits per heavy atom. The summed E-state index contributed by atoms with van der Waals surface area (Å²) >= 11 is 0. The predicted molar refractivity (Wildman–Crippen MR) is 79.9 cm³/mol. The average molecular weight is 307 g/mol. The summed E-state index contributed by atoms with van der Waals surface area (Å²) in [5.74, 6) is -0.128. The smallest absolute Gasteiger partial charge is 0.209 e. The fourth-order valence-electron chi connectivity index (χ4n) is 2.55. The van der Waals surface area contributed by atoms with Crippen LogP contribution in [-0.2, 0) is 19.5 Å². The van der Waals surface area contributed by atoms with E-state index >= 15 is 0 Å². The number of sulfonamides is 1. The minimum Gasteiger partial charge on any atom is -0.381 e. The number of primary sulfonamides is 1. The molecule has 5 nitrogen and oxygen atoms in total. The van der Waals surface area contributed by atoms with Gasteiger partial charge in [-0.25, -0.2) is 13.6 Å². The molecule has 1 aliphatic rings. The quantitative estimate of drug-likeness (QED) is 0.813. The van der Waals surface area contributed by atoms with Crippen molar-refractivity contribution in [2.75, 3.05) is 19.5 Å². The highest BCUT2D eigenvalue weighted by atomic mass is 32.2. The van der Waals surface area contributed by atoms with Gasteiger partial charge >= 0.3 is 0 Å². The summed E-state index contributed by atoms with van der Waals surface area (Å²) in [7, 11) is -1.75. The van der Waals surface area contributed by atoms with E-state index in [0.717, 1.165) is 25.7 Å². The van der Waals surface area contributed by atoms with Crippen LogP contribution in [0.2, 0.25) is 0 Å². The molecule has 0 amide bonds. The molecule has 0 saturated heterocycles. The Labute approximate surface area is 123 Å². The van der Waals surface area contributed by atoms with Gasteiger partial charge in [0, 0.05) is 13.0 Å². The highest BCUT2D eigenvalue weighted by Gasteiger charge is 2.30. The number of methoxy groups -OCH3 is 1. The summed E-state index contributed by atoms with van der Waals surface area (Å²) in [5.41, 5.74) is -0.151. The SMILES string of the molecule is COC1CCCC(OCC(CS(N)(=O)=O)C(C)(C)C)C1. The van der Waals surface area contributed by atoms with Gasteiger partial charge in [-0.1, -0.05) is 20.8 Å². The fourth-order valence-corrected chi connectivity index (χ4v) is 3.71. The van der Waals surface area contributed by atoms with Gasteiger partial charge in [0.25, 0.3) is 0 Å². The molecule has 1 fully saturated rings. The molecular formula is C14H29NO4S. The van der Waals surface area contributed by atoms with Crippen molar-refractivity contribution >= 4 is 10.0 Å². The molecule has 0 aromatic heterocycles. The average Bonchev–Trinajstić information content (AvgIpc) is 2.32. The molecule has 1 rings (SSSR count). The second kappa shape index (κ2) is 7.20. The van der Waals surface area contributed by atoms with Gasteiger partial charge in [0.15, 0.2) is 0 Å². The molecule has 2 N–H and O–H groups in total. The van der Waals surface area contributed by atoms with Crippen LogP contribution in [0.1, 0.15) is 46.5 Å². The number of hydrogen-bond acceptors (Lipinski definition) is 4. The molecule has 3 unspecified atom stereocenters. The van der Waals surface area contributed by atoms with Crippen molar-refractivity contribution in [3.63, 3.8) is 0 Å². The summed E-state index contributed by atoms with van der Waals surface area (Å²) < 4.78 is 34.0. The summed E-state index contributed by atoms with van der Waals surface area (Å²) in [6.45, 7) is 6.49. The molecule has 6 heteroatoms. The summed E-state index contributed by atoms with van der Waals surface area (Å²) in [5, 5.41) is 5.18. The summed E-state index contributed by atoms with van der Waals surface area (Å²) in [6.07, 6.45) is 4.52. The highest BCUT2D eigenvalue weighted by Crippen LogP contribution is 2.29. The Balaban J connectivity index is 2.54. The van der Waals surface area contributed by atoms with Gasteiger partial charge in [0.05, 0.1) is 24.6 Å². The third kappa shape index (κ3) is 6.52. The Morgan fingerprint density at radius 2 is 1.85 bits per heavy atom. The number of nitrogens with two attached hydrogens (primary N) is 1. The maximum Gasteiger partial charge on any atom is 0.209 e. The first kappa shape index (κ1) is 17.9. The first-order chi connectivity index (χ1) is 9.12. The first-order valence-corrected chi connectivity index (χ1v) is 8.98. The van der Waals surface area contributed by atoms with E-state index in [2.05, 4.69) is 0 Å². The minimum absolute atomic E-state index is 0.0308. The fraction of sp³-hybridized carbons (Fsp3) is 1.00. The Bertz CT molecular complexity index is 388. The highest BCUT2D eigenvalue weighted by molar-refractivity contribution is 7.89. The zero-order valence-corrected chi connectivity index (χ0v) is 13.9. The van der Waals surface area contributed by atoms with E-state index < -0.39 is 10.0 Å². The molecule has 1 saturated carbocycles. The molecule has 0 radical (unpaired) electrons. The summed E-state index contributed by atoms with van der Waals surface area (Å²) in [4.78, 5) is 0. The third-order valence-corrected chi connectivity index (χ3v) is 4.97. The van der Waals surface area contributed by atoms with E-state index in [-0.39, 0.29) is 29.3 Å². The second-order valence-electron chi connectivity index (χ2n) is 6.87. The van der Waals surface area contributed by atoms with Crippen molar-refractivity contribution in [3.05, 3.63) is 0 Å². The molecule has 120 valence electrons. The number of hydrogen-bond donors (Lipinski definition) is 1. The van der Waals surface area contributed by atoms with E-state index in [4.69, 9.17) is 14.6 Å². The van der Waals surface area contributed by atoms with Crippen molar-refractivity contribution in [2.24, 2.45) is 16.5 Å². The lowest BCUT2D eigenvalue weighted by molar-refractivity contribution is -0.0483. The maximum atomic E-state index is 11.3. The zero-order chi connectivity index (χ0) is 15.4. The molecule has 0 spiro atoms. The molecular weight excluding hydrogens is 278 g/mol. The van der Waals surface area contributed by atoms with Crippen LogP contribution in [0.3, 0.4) is 0 Å². The molecule has 3 atom stereocenters. The lowest BCUT2D eigenvalue weighted by atomic mass is 9.82. The Hall–Kier alpha value is -0.170. The molecule has 1 aliphatic carbocycles. The standard InChI is InChI=1S/C14H29NO4S/c1-14(2,3)11(10-20(15,16)17)9-19-13-7-5-6-12(8-13)18-4/h11-13H,5-10H2,1-4H3,(H2,15,16,17). The van der Waals surface area contributed by atoms with Gasteiger partial charge in [0.2, 0.25) is 10.0 Å². The normalized spacial score (nSPS) is 26.4.